The molecular formula is C15H19NO2. The van der Waals surface area contributed by atoms with Crippen molar-refractivity contribution in [3.8, 4) is 11.8 Å². The van der Waals surface area contributed by atoms with E-state index in [1.807, 2.05) is 19.1 Å². The Hall–Kier alpha value is -1.79. The molecule has 0 spiro atoms. The number of hydrogen-bond acceptors (Lipinski definition) is 2. The van der Waals surface area contributed by atoms with Gasteiger partial charge in [0.2, 0.25) is 0 Å². The lowest BCUT2D eigenvalue weighted by Gasteiger charge is -2.08. The molecule has 3 nitrogen and oxygen atoms in total. The van der Waals surface area contributed by atoms with Crippen LogP contribution in [0.15, 0.2) is 18.2 Å². The number of hydrogen-bond donors (Lipinski definition) is 2. The summed E-state index contributed by atoms with van der Waals surface area (Å²) < 4.78 is 0. The predicted octanol–water partition coefficient (Wildman–Crippen LogP) is 1.87. The molecule has 96 valence electrons. The summed E-state index contributed by atoms with van der Waals surface area (Å²) in [5, 5.41) is 11.6. The van der Waals surface area contributed by atoms with Crippen molar-refractivity contribution in [1.82, 2.24) is 5.32 Å². The number of carbonyl (C=O) groups excluding carboxylic acids is 1. The number of carbonyl (C=O) groups is 1. The van der Waals surface area contributed by atoms with Gasteiger partial charge in [-0.25, -0.2) is 0 Å². The Labute approximate surface area is 108 Å². The first-order valence-electron chi connectivity index (χ1n) is 6.18. The molecule has 0 fully saturated rings. The first kappa shape index (κ1) is 14.3. The molecule has 1 aromatic rings. The van der Waals surface area contributed by atoms with Gasteiger partial charge in [-0.3, -0.25) is 4.79 Å². The molecule has 0 unspecified atom stereocenters. The largest absolute Gasteiger partial charge is 0.384 e. The van der Waals surface area contributed by atoms with Gasteiger partial charge in [0.1, 0.15) is 6.61 Å². The lowest BCUT2D eigenvalue weighted by molar-refractivity contribution is 0.0952. The van der Waals surface area contributed by atoms with Crippen LogP contribution in [0.2, 0.25) is 0 Å². The van der Waals surface area contributed by atoms with E-state index in [1.165, 1.54) is 0 Å². The second-order valence-corrected chi connectivity index (χ2v) is 4.05. The standard InChI is InChI=1S/C15H19NO2/c1-3-4-10-16-15(18)14-9-5-7-13(12(14)2)8-6-11-17/h5,7,9,17H,3-4,10-11H2,1-2H3,(H,16,18). The van der Waals surface area contributed by atoms with Crippen molar-refractivity contribution in [1.29, 1.82) is 0 Å². The maximum absolute atomic E-state index is 12.0. The molecule has 0 aliphatic rings. The lowest BCUT2D eigenvalue weighted by atomic mass is 10.0. The van der Waals surface area contributed by atoms with Gasteiger partial charge >= 0.3 is 0 Å². The highest BCUT2D eigenvalue weighted by molar-refractivity contribution is 5.96. The van der Waals surface area contributed by atoms with Gasteiger partial charge in [-0.2, -0.15) is 0 Å². The average Bonchev–Trinajstić information content (AvgIpc) is 2.37. The zero-order valence-electron chi connectivity index (χ0n) is 10.9. The highest BCUT2D eigenvalue weighted by Gasteiger charge is 2.09. The topological polar surface area (TPSA) is 49.3 Å². The van der Waals surface area contributed by atoms with Gasteiger partial charge in [0.25, 0.3) is 5.91 Å². The molecule has 0 radical (unpaired) electrons. The molecule has 0 saturated carbocycles. The van der Waals surface area contributed by atoms with Crippen molar-refractivity contribution < 1.29 is 9.90 Å². The minimum Gasteiger partial charge on any atom is -0.384 e. The van der Waals surface area contributed by atoms with E-state index < -0.39 is 0 Å². The van der Waals surface area contributed by atoms with Crippen molar-refractivity contribution in [3.05, 3.63) is 34.9 Å². The number of aliphatic hydroxyl groups excluding tert-OH is 1. The van der Waals surface area contributed by atoms with Crippen LogP contribution in [0.3, 0.4) is 0 Å². The van der Waals surface area contributed by atoms with Gasteiger partial charge in [0.15, 0.2) is 0 Å². The zero-order valence-corrected chi connectivity index (χ0v) is 10.9. The van der Waals surface area contributed by atoms with E-state index in [4.69, 9.17) is 5.11 Å². The molecule has 0 bridgehead atoms. The molecule has 0 heterocycles. The number of aliphatic hydroxyl groups is 1. The fraction of sp³-hybridized carbons (Fsp3) is 0.400. The number of nitrogens with one attached hydrogen (secondary N) is 1. The van der Waals surface area contributed by atoms with E-state index in [2.05, 4.69) is 24.1 Å². The molecule has 0 aliphatic carbocycles. The minimum atomic E-state index is -0.174. The van der Waals surface area contributed by atoms with E-state index in [-0.39, 0.29) is 12.5 Å². The summed E-state index contributed by atoms with van der Waals surface area (Å²) in [5.74, 6) is 5.38. The third-order valence-corrected chi connectivity index (χ3v) is 2.70. The molecule has 0 aliphatic heterocycles. The highest BCUT2D eigenvalue weighted by atomic mass is 16.2. The summed E-state index contributed by atoms with van der Waals surface area (Å²) in [4.78, 5) is 12.0. The van der Waals surface area contributed by atoms with E-state index in [0.717, 1.165) is 24.0 Å². The average molecular weight is 245 g/mol. The number of unbranched alkanes of at least 4 members (excludes halogenated alkanes) is 1. The van der Waals surface area contributed by atoms with Gasteiger partial charge in [0.05, 0.1) is 0 Å². The van der Waals surface area contributed by atoms with Gasteiger partial charge in [0, 0.05) is 17.7 Å². The number of rotatable bonds is 4. The van der Waals surface area contributed by atoms with E-state index in [1.54, 1.807) is 6.07 Å². The van der Waals surface area contributed by atoms with Crippen molar-refractivity contribution in [2.45, 2.75) is 26.7 Å². The summed E-state index contributed by atoms with van der Waals surface area (Å²) >= 11 is 0. The van der Waals surface area contributed by atoms with Crippen molar-refractivity contribution in [2.75, 3.05) is 13.2 Å². The normalized spacial score (nSPS) is 9.50. The number of amides is 1. The summed E-state index contributed by atoms with van der Waals surface area (Å²) in [6.07, 6.45) is 2.04. The summed E-state index contributed by atoms with van der Waals surface area (Å²) in [6.45, 7) is 4.48. The zero-order chi connectivity index (χ0) is 13.4. The monoisotopic (exact) mass is 245 g/mol. The van der Waals surface area contributed by atoms with E-state index in [0.29, 0.717) is 12.1 Å². The molecule has 3 heteroatoms. The maximum Gasteiger partial charge on any atom is 0.251 e. The fourth-order valence-electron chi connectivity index (χ4n) is 1.63. The van der Waals surface area contributed by atoms with Crippen LogP contribution < -0.4 is 5.32 Å². The van der Waals surface area contributed by atoms with Crippen LogP contribution in [0.5, 0.6) is 0 Å². The van der Waals surface area contributed by atoms with Gasteiger partial charge in [-0.05, 0) is 31.0 Å². The Balaban J connectivity index is 2.86. The number of benzene rings is 1. The van der Waals surface area contributed by atoms with Gasteiger partial charge in [-0.15, -0.1) is 0 Å². The van der Waals surface area contributed by atoms with E-state index in [9.17, 15) is 4.79 Å². The Morgan fingerprint density at radius 3 is 2.89 bits per heavy atom. The first-order valence-corrected chi connectivity index (χ1v) is 6.18. The van der Waals surface area contributed by atoms with Crippen LogP contribution in [0, 0.1) is 18.8 Å². The van der Waals surface area contributed by atoms with Crippen LogP contribution in [-0.4, -0.2) is 24.2 Å². The van der Waals surface area contributed by atoms with Crippen LogP contribution >= 0.6 is 0 Å². The Morgan fingerprint density at radius 2 is 2.22 bits per heavy atom. The van der Waals surface area contributed by atoms with Crippen molar-refractivity contribution in [2.24, 2.45) is 0 Å². The third kappa shape index (κ3) is 3.90. The van der Waals surface area contributed by atoms with Crippen molar-refractivity contribution in [3.63, 3.8) is 0 Å². The molecular weight excluding hydrogens is 226 g/mol. The fourth-order valence-corrected chi connectivity index (χ4v) is 1.63. The molecule has 1 amide bonds. The quantitative estimate of drug-likeness (QED) is 0.628. The minimum absolute atomic E-state index is 0.0615. The molecule has 2 N–H and O–H groups in total. The Morgan fingerprint density at radius 1 is 1.44 bits per heavy atom. The molecule has 0 saturated heterocycles. The second kappa shape index (κ2) is 7.52. The van der Waals surface area contributed by atoms with Crippen molar-refractivity contribution >= 4 is 5.91 Å². The van der Waals surface area contributed by atoms with Gasteiger partial charge in [-0.1, -0.05) is 31.3 Å². The van der Waals surface area contributed by atoms with Crippen LogP contribution in [0.25, 0.3) is 0 Å². The molecule has 1 aromatic carbocycles. The third-order valence-electron chi connectivity index (χ3n) is 2.70. The summed E-state index contributed by atoms with van der Waals surface area (Å²) in [6, 6.07) is 5.45. The van der Waals surface area contributed by atoms with Crippen LogP contribution in [0.1, 0.15) is 41.3 Å². The van der Waals surface area contributed by atoms with Crippen LogP contribution in [0.4, 0.5) is 0 Å². The van der Waals surface area contributed by atoms with E-state index >= 15 is 0 Å². The summed E-state index contributed by atoms with van der Waals surface area (Å²) in [7, 11) is 0. The summed E-state index contributed by atoms with van der Waals surface area (Å²) in [5.41, 5.74) is 2.29. The van der Waals surface area contributed by atoms with Gasteiger partial charge < -0.3 is 10.4 Å². The van der Waals surface area contributed by atoms with Crippen LogP contribution in [-0.2, 0) is 0 Å². The highest BCUT2D eigenvalue weighted by Crippen LogP contribution is 2.12. The Kier molecular flexibility index (Phi) is 5.96. The Bertz CT molecular complexity index is 469. The smallest absolute Gasteiger partial charge is 0.251 e. The molecule has 0 atom stereocenters. The first-order chi connectivity index (χ1) is 8.70. The lowest BCUT2D eigenvalue weighted by Crippen LogP contribution is -2.25. The molecule has 0 aromatic heterocycles. The second-order valence-electron chi connectivity index (χ2n) is 4.05. The SMILES string of the molecule is CCCCNC(=O)c1cccc(C#CCO)c1C. The molecule has 18 heavy (non-hydrogen) atoms. The predicted molar refractivity (Wildman–Crippen MR) is 72.4 cm³/mol. The maximum atomic E-state index is 12.0. The molecule has 1 rings (SSSR count).